The Labute approximate surface area is 199 Å². The van der Waals surface area contributed by atoms with Crippen LogP contribution >= 0.6 is 11.6 Å². The number of ether oxygens (including phenoxy) is 2. The van der Waals surface area contributed by atoms with Crippen molar-refractivity contribution >= 4 is 29.2 Å². The van der Waals surface area contributed by atoms with Gasteiger partial charge in [-0.2, -0.15) is 22.7 Å². The molecule has 0 bridgehead atoms. The van der Waals surface area contributed by atoms with Gasteiger partial charge in [0.05, 0.1) is 22.5 Å². The number of nitrogens with one attached hydrogen (secondary N) is 1. The molecule has 35 heavy (non-hydrogen) atoms. The predicted octanol–water partition coefficient (Wildman–Crippen LogP) is 4.08. The first-order valence-electron chi connectivity index (χ1n) is 9.67. The number of alkyl halides is 3. The van der Waals surface area contributed by atoms with Gasteiger partial charge in [0.15, 0.2) is 11.6 Å². The molecule has 1 heterocycles. The van der Waals surface area contributed by atoms with Gasteiger partial charge in [-0.1, -0.05) is 11.6 Å². The second kappa shape index (κ2) is 10.3. The summed E-state index contributed by atoms with van der Waals surface area (Å²) >= 11 is 6.21. The van der Waals surface area contributed by atoms with E-state index in [2.05, 4.69) is 15.2 Å². The van der Waals surface area contributed by atoms with Crippen molar-refractivity contribution in [3.05, 3.63) is 58.7 Å². The van der Waals surface area contributed by atoms with E-state index in [0.717, 1.165) is 0 Å². The molecule has 186 valence electrons. The number of hydrogen-bond acceptors (Lipinski definition) is 6. The molecule has 1 amide bonds. The van der Waals surface area contributed by atoms with Gasteiger partial charge < -0.3 is 20.5 Å². The molecule has 1 aromatic heterocycles. The first kappa shape index (κ1) is 25.9. The average Bonchev–Trinajstić information content (AvgIpc) is 3.13. The molecule has 2 aromatic carbocycles. The van der Waals surface area contributed by atoms with Crippen LogP contribution in [-0.4, -0.2) is 41.0 Å². The molecule has 0 spiro atoms. The van der Waals surface area contributed by atoms with Crippen LogP contribution in [0.5, 0.6) is 11.5 Å². The third kappa shape index (κ3) is 5.69. The topological polar surface area (TPSA) is 108 Å². The zero-order chi connectivity index (χ0) is 25.9. The van der Waals surface area contributed by atoms with Gasteiger partial charge in [0.25, 0.3) is 5.91 Å². The fourth-order valence-corrected chi connectivity index (χ4v) is 3.23. The minimum atomic E-state index is -5.51. The number of carbonyl (C=O) groups is 2. The van der Waals surface area contributed by atoms with E-state index in [1.165, 1.54) is 29.1 Å². The van der Waals surface area contributed by atoms with E-state index in [1.807, 2.05) is 0 Å². The normalized spacial score (nSPS) is 11.3. The molecule has 0 saturated carbocycles. The summed E-state index contributed by atoms with van der Waals surface area (Å²) in [6.45, 7) is 0.351. The van der Waals surface area contributed by atoms with E-state index in [9.17, 15) is 31.5 Å². The van der Waals surface area contributed by atoms with Gasteiger partial charge in [0.1, 0.15) is 12.4 Å². The van der Waals surface area contributed by atoms with Crippen molar-refractivity contribution in [2.24, 2.45) is 12.8 Å². The predicted molar refractivity (Wildman–Crippen MR) is 114 cm³/mol. The lowest BCUT2D eigenvalue weighted by molar-refractivity contribution is -0.189. The molecule has 0 aliphatic rings. The SMILES string of the molecule is Cn1ncc(Cl)c1-c1cc(NC(=O)c2ccc(F)c(F)c2OC(=O)C(F)(F)F)ccc1OCCN. The molecular formula is C21H16ClF5N4O4. The molecule has 0 saturated heterocycles. The Balaban J connectivity index is 1.99. The summed E-state index contributed by atoms with van der Waals surface area (Å²) in [7, 11) is 1.60. The maximum atomic E-state index is 14.2. The van der Waals surface area contributed by atoms with Gasteiger partial charge in [0, 0.05) is 24.8 Å². The molecule has 3 aromatic rings. The molecule has 0 atom stereocenters. The first-order chi connectivity index (χ1) is 16.4. The highest BCUT2D eigenvalue weighted by Crippen LogP contribution is 2.37. The number of aromatic nitrogens is 2. The molecule has 0 fully saturated rings. The zero-order valence-electron chi connectivity index (χ0n) is 17.8. The lowest BCUT2D eigenvalue weighted by Gasteiger charge is -2.15. The zero-order valence-corrected chi connectivity index (χ0v) is 18.5. The van der Waals surface area contributed by atoms with Gasteiger partial charge in [-0.3, -0.25) is 9.48 Å². The molecular weight excluding hydrogens is 503 g/mol. The standard InChI is InChI=1S/C21H16ClF5N4O4/c1-31-17(13(22)9-29-31)12-8-10(2-5-15(12)34-7-6-28)30-19(32)11-3-4-14(23)16(24)18(11)35-20(33)21(25,26)27/h2-5,8-9H,6-7,28H2,1H3,(H,30,32). The van der Waals surface area contributed by atoms with Crippen molar-refractivity contribution in [3.63, 3.8) is 0 Å². The second-order valence-electron chi connectivity index (χ2n) is 6.89. The van der Waals surface area contributed by atoms with Crippen LogP contribution in [0.1, 0.15) is 10.4 Å². The highest BCUT2D eigenvalue weighted by atomic mass is 35.5. The number of halogens is 6. The van der Waals surface area contributed by atoms with E-state index in [4.69, 9.17) is 22.1 Å². The van der Waals surface area contributed by atoms with Crippen LogP contribution in [0.15, 0.2) is 36.5 Å². The van der Waals surface area contributed by atoms with Crippen LogP contribution in [0, 0.1) is 11.6 Å². The molecule has 0 radical (unpaired) electrons. The number of aryl methyl sites for hydroxylation is 1. The summed E-state index contributed by atoms with van der Waals surface area (Å²) in [5, 5.41) is 6.60. The van der Waals surface area contributed by atoms with Crippen molar-refractivity contribution in [2.45, 2.75) is 6.18 Å². The lowest BCUT2D eigenvalue weighted by Crippen LogP contribution is -2.29. The Morgan fingerprint density at radius 1 is 1.20 bits per heavy atom. The maximum absolute atomic E-state index is 14.2. The minimum Gasteiger partial charge on any atom is -0.492 e. The van der Waals surface area contributed by atoms with Crippen LogP contribution in [0.3, 0.4) is 0 Å². The summed E-state index contributed by atoms with van der Waals surface area (Å²) in [6, 6.07) is 5.41. The first-order valence-corrected chi connectivity index (χ1v) is 10.0. The number of amides is 1. The Hall–Kier alpha value is -3.71. The molecule has 3 rings (SSSR count). The summed E-state index contributed by atoms with van der Waals surface area (Å²) in [6.07, 6.45) is -4.14. The number of rotatable bonds is 7. The third-order valence-corrected chi connectivity index (χ3v) is 4.76. The summed E-state index contributed by atoms with van der Waals surface area (Å²) in [5.41, 5.74) is 5.46. The molecule has 14 heteroatoms. The molecule has 0 unspecified atom stereocenters. The minimum absolute atomic E-state index is 0.0696. The maximum Gasteiger partial charge on any atom is 0.491 e. The quantitative estimate of drug-likeness (QED) is 0.277. The number of nitrogens with zero attached hydrogens (tertiary/aromatic N) is 2. The number of nitrogens with two attached hydrogens (primary N) is 1. The Morgan fingerprint density at radius 3 is 2.51 bits per heavy atom. The van der Waals surface area contributed by atoms with E-state index in [-0.39, 0.29) is 23.9 Å². The second-order valence-corrected chi connectivity index (χ2v) is 7.30. The third-order valence-electron chi connectivity index (χ3n) is 4.48. The van der Waals surface area contributed by atoms with Crippen molar-refractivity contribution in [3.8, 4) is 22.8 Å². The molecule has 3 N–H and O–H groups in total. The number of carbonyl (C=O) groups excluding carboxylic acids is 2. The average molecular weight is 519 g/mol. The summed E-state index contributed by atoms with van der Waals surface area (Å²) in [5.74, 6) is -8.77. The number of benzene rings is 2. The van der Waals surface area contributed by atoms with Crippen LogP contribution in [0.2, 0.25) is 5.02 Å². The highest BCUT2D eigenvalue weighted by molar-refractivity contribution is 6.33. The van der Waals surface area contributed by atoms with Gasteiger partial charge >= 0.3 is 12.1 Å². The Bertz CT molecular complexity index is 1260. The van der Waals surface area contributed by atoms with Crippen LogP contribution < -0.4 is 20.5 Å². The number of anilines is 1. The van der Waals surface area contributed by atoms with Gasteiger partial charge in [-0.25, -0.2) is 9.18 Å². The smallest absolute Gasteiger partial charge is 0.491 e. The van der Waals surface area contributed by atoms with Crippen molar-refractivity contribution in [1.82, 2.24) is 9.78 Å². The van der Waals surface area contributed by atoms with E-state index >= 15 is 0 Å². The number of esters is 1. The van der Waals surface area contributed by atoms with Crippen LogP contribution in [0.4, 0.5) is 27.6 Å². The van der Waals surface area contributed by atoms with E-state index in [0.29, 0.717) is 29.1 Å². The van der Waals surface area contributed by atoms with Crippen LogP contribution in [-0.2, 0) is 11.8 Å². The van der Waals surface area contributed by atoms with Crippen LogP contribution in [0.25, 0.3) is 11.3 Å². The summed E-state index contributed by atoms with van der Waals surface area (Å²) < 4.78 is 76.5. The van der Waals surface area contributed by atoms with E-state index < -0.39 is 41.0 Å². The van der Waals surface area contributed by atoms with Crippen molar-refractivity contribution in [2.75, 3.05) is 18.5 Å². The molecule has 8 nitrogen and oxygen atoms in total. The Kier molecular flexibility index (Phi) is 7.60. The number of hydrogen-bond donors (Lipinski definition) is 2. The fraction of sp³-hybridized carbons (Fsp3) is 0.190. The summed E-state index contributed by atoms with van der Waals surface area (Å²) in [4.78, 5) is 23.9. The molecule has 0 aliphatic heterocycles. The largest absolute Gasteiger partial charge is 0.492 e. The lowest BCUT2D eigenvalue weighted by atomic mass is 10.1. The van der Waals surface area contributed by atoms with Gasteiger partial charge in [-0.15, -0.1) is 0 Å². The fourth-order valence-electron chi connectivity index (χ4n) is 2.96. The van der Waals surface area contributed by atoms with Crippen molar-refractivity contribution < 1.29 is 41.0 Å². The van der Waals surface area contributed by atoms with E-state index in [1.54, 1.807) is 7.05 Å². The monoisotopic (exact) mass is 518 g/mol. The Morgan fingerprint density at radius 2 is 1.91 bits per heavy atom. The van der Waals surface area contributed by atoms with Gasteiger partial charge in [0.2, 0.25) is 5.82 Å². The van der Waals surface area contributed by atoms with Crippen molar-refractivity contribution in [1.29, 1.82) is 0 Å². The van der Waals surface area contributed by atoms with Gasteiger partial charge in [-0.05, 0) is 30.3 Å². The highest BCUT2D eigenvalue weighted by Gasteiger charge is 2.42. The molecule has 0 aliphatic carbocycles.